The Bertz CT molecular complexity index is 582. The fourth-order valence-electron chi connectivity index (χ4n) is 2.87. The van der Waals surface area contributed by atoms with E-state index >= 15 is 0 Å². The molecule has 0 saturated heterocycles. The number of aliphatic hydroxyl groups excluding tert-OH is 1. The number of hydrogen-bond donors (Lipinski definition) is 2. The number of unbranched alkanes of at least 4 members (excludes halogenated alkanes) is 5. The zero-order chi connectivity index (χ0) is 18.9. The van der Waals surface area contributed by atoms with Crippen molar-refractivity contribution in [3.63, 3.8) is 0 Å². The molecule has 0 radical (unpaired) electrons. The lowest BCUT2D eigenvalue weighted by molar-refractivity contribution is 0.343. The van der Waals surface area contributed by atoms with Crippen LogP contribution in [0, 0.1) is 0 Å². The van der Waals surface area contributed by atoms with Gasteiger partial charge in [-0.15, -0.1) is 6.58 Å². The first-order valence-corrected chi connectivity index (χ1v) is 9.78. The summed E-state index contributed by atoms with van der Waals surface area (Å²) in [5.74, 6) is 0.290. The minimum absolute atomic E-state index is 0.00662. The van der Waals surface area contributed by atoms with Gasteiger partial charge in [0.05, 0.1) is 6.61 Å². The molecule has 0 heterocycles. The molecule has 2 nitrogen and oxygen atoms in total. The molecule has 0 unspecified atom stereocenters. The van der Waals surface area contributed by atoms with Gasteiger partial charge in [0.2, 0.25) is 0 Å². The number of phenolic OH excluding ortho intramolecular Hbond substituents is 1. The summed E-state index contributed by atoms with van der Waals surface area (Å²) in [6, 6.07) is 5.65. The zero-order valence-electron chi connectivity index (χ0n) is 15.9. The average molecular weight is 355 g/mol. The van der Waals surface area contributed by atoms with Crippen LogP contribution in [-0.4, -0.2) is 16.8 Å². The first-order chi connectivity index (χ1) is 12.8. The first-order valence-electron chi connectivity index (χ1n) is 9.78. The summed E-state index contributed by atoms with van der Waals surface area (Å²) in [6.45, 7) is 3.69. The third-order valence-corrected chi connectivity index (χ3v) is 4.29. The number of benzene rings is 1. The van der Waals surface area contributed by atoms with Crippen molar-refractivity contribution in [2.45, 2.75) is 57.8 Å². The maximum Gasteiger partial charge on any atom is 0.123 e. The van der Waals surface area contributed by atoms with Crippen molar-refractivity contribution in [3.8, 4) is 5.75 Å². The molecule has 0 bridgehead atoms. The van der Waals surface area contributed by atoms with E-state index in [1.54, 1.807) is 12.1 Å². The number of phenols is 1. The average Bonchev–Trinajstić information content (AvgIpc) is 2.65. The van der Waals surface area contributed by atoms with Gasteiger partial charge in [0.1, 0.15) is 5.75 Å². The number of aromatic hydroxyl groups is 1. The van der Waals surface area contributed by atoms with Gasteiger partial charge >= 0.3 is 0 Å². The molecule has 0 amide bonds. The Hall–Kier alpha value is -2.06. The van der Waals surface area contributed by atoms with E-state index in [0.717, 1.165) is 43.2 Å². The van der Waals surface area contributed by atoms with E-state index in [2.05, 4.69) is 36.9 Å². The largest absolute Gasteiger partial charge is 0.507 e. The number of aliphatic hydroxyl groups is 1. The summed E-state index contributed by atoms with van der Waals surface area (Å²) in [5, 5.41) is 18.9. The van der Waals surface area contributed by atoms with Crippen LogP contribution in [0.15, 0.2) is 61.2 Å². The number of aryl methyl sites for hydroxylation is 1. The lowest BCUT2D eigenvalue weighted by Gasteiger charge is -2.08. The summed E-state index contributed by atoms with van der Waals surface area (Å²) in [5.41, 5.74) is 2.00. The molecular weight excluding hydrogens is 320 g/mol. The molecule has 26 heavy (non-hydrogen) atoms. The van der Waals surface area contributed by atoms with E-state index in [-0.39, 0.29) is 6.61 Å². The monoisotopic (exact) mass is 354 g/mol. The Morgan fingerprint density at radius 3 is 2.38 bits per heavy atom. The molecule has 1 aromatic rings. The van der Waals surface area contributed by atoms with Crippen LogP contribution in [0.5, 0.6) is 5.75 Å². The number of hydrogen-bond acceptors (Lipinski definition) is 2. The molecule has 2 heteroatoms. The summed E-state index contributed by atoms with van der Waals surface area (Å²) in [4.78, 5) is 0. The molecule has 0 spiro atoms. The van der Waals surface area contributed by atoms with Gasteiger partial charge in [0, 0.05) is 5.56 Å². The summed E-state index contributed by atoms with van der Waals surface area (Å²) in [6.07, 6.45) is 24.5. The van der Waals surface area contributed by atoms with Crippen molar-refractivity contribution in [2.24, 2.45) is 0 Å². The summed E-state index contributed by atoms with van der Waals surface area (Å²) < 4.78 is 0. The minimum Gasteiger partial charge on any atom is -0.507 e. The maximum absolute atomic E-state index is 9.97. The van der Waals surface area contributed by atoms with E-state index in [1.165, 1.54) is 25.7 Å². The summed E-state index contributed by atoms with van der Waals surface area (Å²) in [7, 11) is 0. The highest BCUT2D eigenvalue weighted by Crippen LogP contribution is 2.24. The Balaban J connectivity index is 2.14. The highest BCUT2D eigenvalue weighted by molar-refractivity contribution is 5.60. The van der Waals surface area contributed by atoms with Gasteiger partial charge in [-0.3, -0.25) is 0 Å². The Kier molecular flexibility index (Phi) is 12.9. The highest BCUT2D eigenvalue weighted by atomic mass is 16.3. The van der Waals surface area contributed by atoms with Crippen LogP contribution in [0.25, 0.3) is 6.08 Å². The molecule has 0 aliphatic rings. The molecule has 0 atom stereocenters. The molecule has 0 aliphatic heterocycles. The second-order valence-electron chi connectivity index (χ2n) is 6.44. The molecule has 142 valence electrons. The molecular formula is C24H34O2. The van der Waals surface area contributed by atoms with Crippen molar-refractivity contribution in [2.75, 3.05) is 6.61 Å². The molecule has 0 aliphatic carbocycles. The predicted molar refractivity (Wildman–Crippen MR) is 113 cm³/mol. The predicted octanol–water partition coefficient (Wildman–Crippen LogP) is 6.36. The molecule has 0 aromatic heterocycles. The Morgan fingerprint density at radius 2 is 1.58 bits per heavy atom. The second kappa shape index (κ2) is 15.2. The minimum atomic E-state index is -0.00662. The van der Waals surface area contributed by atoms with Crippen LogP contribution in [0.2, 0.25) is 0 Å². The smallest absolute Gasteiger partial charge is 0.123 e. The van der Waals surface area contributed by atoms with Gasteiger partial charge in [-0.25, -0.2) is 0 Å². The van der Waals surface area contributed by atoms with Gasteiger partial charge < -0.3 is 10.2 Å². The zero-order valence-corrected chi connectivity index (χ0v) is 15.9. The van der Waals surface area contributed by atoms with Gasteiger partial charge in [0.15, 0.2) is 0 Å². The third kappa shape index (κ3) is 10.0. The third-order valence-electron chi connectivity index (χ3n) is 4.29. The van der Waals surface area contributed by atoms with Crippen molar-refractivity contribution in [1.29, 1.82) is 0 Å². The van der Waals surface area contributed by atoms with E-state index in [9.17, 15) is 5.11 Å². The van der Waals surface area contributed by atoms with Crippen LogP contribution in [0.1, 0.15) is 62.5 Å². The molecule has 2 N–H and O–H groups in total. The second-order valence-corrected chi connectivity index (χ2v) is 6.44. The number of allylic oxidation sites excluding steroid dienone is 5. The Morgan fingerprint density at radius 1 is 0.846 bits per heavy atom. The lowest BCUT2D eigenvalue weighted by atomic mass is 9.99. The fourth-order valence-corrected chi connectivity index (χ4v) is 2.87. The molecule has 0 saturated carbocycles. The lowest BCUT2D eigenvalue weighted by Crippen LogP contribution is -1.91. The molecule has 0 fully saturated rings. The van der Waals surface area contributed by atoms with Crippen molar-refractivity contribution in [1.82, 2.24) is 0 Å². The first kappa shape index (κ1) is 22.0. The van der Waals surface area contributed by atoms with Crippen LogP contribution in [0.4, 0.5) is 0 Å². The fraction of sp³-hybridized carbons (Fsp3) is 0.417. The Labute approximate surface area is 159 Å². The van der Waals surface area contributed by atoms with E-state index in [4.69, 9.17) is 5.11 Å². The van der Waals surface area contributed by atoms with Gasteiger partial charge in [-0.05, 0) is 50.2 Å². The van der Waals surface area contributed by atoms with E-state index < -0.39 is 0 Å². The van der Waals surface area contributed by atoms with Crippen molar-refractivity contribution < 1.29 is 10.2 Å². The van der Waals surface area contributed by atoms with Crippen molar-refractivity contribution in [3.05, 3.63) is 72.4 Å². The van der Waals surface area contributed by atoms with Crippen LogP contribution in [-0.2, 0) is 6.42 Å². The van der Waals surface area contributed by atoms with Gasteiger partial charge in [-0.2, -0.15) is 0 Å². The standard InChI is InChI=1S/C24H34O2/c1-2-3-4-5-6-7-8-9-10-11-12-13-14-17-22-18-15-20-24(26)23(22)19-16-21-25/h2,4-5,7-8,15-16,18-20,25-26H,1,3,6,9-14,17,21H2/b5-4-,8-7-,19-16+. The topological polar surface area (TPSA) is 40.5 Å². The SMILES string of the molecule is C=CC/C=C\C/C=C\CCCCCCCc1cccc(O)c1/C=C/CO. The highest BCUT2D eigenvalue weighted by Gasteiger charge is 2.04. The van der Waals surface area contributed by atoms with Gasteiger partial charge in [-0.1, -0.05) is 73.9 Å². The molecule has 1 aromatic carbocycles. The van der Waals surface area contributed by atoms with E-state index in [0.29, 0.717) is 5.75 Å². The summed E-state index contributed by atoms with van der Waals surface area (Å²) >= 11 is 0. The molecule has 1 rings (SSSR count). The maximum atomic E-state index is 9.97. The number of rotatable bonds is 14. The quantitative estimate of drug-likeness (QED) is 0.301. The normalized spacial score (nSPS) is 11.9. The van der Waals surface area contributed by atoms with E-state index in [1.807, 2.05) is 18.2 Å². The van der Waals surface area contributed by atoms with Crippen LogP contribution >= 0.6 is 0 Å². The van der Waals surface area contributed by atoms with Gasteiger partial charge in [0.25, 0.3) is 0 Å². The van der Waals surface area contributed by atoms with Crippen molar-refractivity contribution >= 4 is 6.08 Å². The van der Waals surface area contributed by atoms with Crippen LogP contribution in [0.3, 0.4) is 0 Å². The van der Waals surface area contributed by atoms with Crippen LogP contribution < -0.4 is 0 Å².